The van der Waals surface area contributed by atoms with Crippen molar-refractivity contribution in [2.45, 2.75) is 0 Å². The second kappa shape index (κ2) is 12.7. The number of rotatable bonds is 7. The number of hydrogen-bond acceptors (Lipinski definition) is 3. The van der Waals surface area contributed by atoms with Crippen molar-refractivity contribution in [2.75, 3.05) is 5.43 Å². The Morgan fingerprint density at radius 2 is 1.06 bits per heavy atom. The van der Waals surface area contributed by atoms with Crippen molar-refractivity contribution >= 4 is 38.6 Å². The average molecular weight is 641 g/mol. The van der Waals surface area contributed by atoms with E-state index in [0.717, 1.165) is 56.1 Å². The number of anilines is 1. The van der Waals surface area contributed by atoms with Gasteiger partial charge >= 0.3 is 0 Å². The van der Waals surface area contributed by atoms with E-state index in [1.165, 1.54) is 27.3 Å². The second-order valence-electron chi connectivity index (χ2n) is 12.4. The largest absolute Gasteiger partial charge is 0.299 e. The summed E-state index contributed by atoms with van der Waals surface area (Å²) in [6.45, 7) is 0. The third kappa shape index (κ3) is 5.29. The fourth-order valence-electron chi connectivity index (χ4n) is 6.96. The van der Waals surface area contributed by atoms with Crippen molar-refractivity contribution in [3.63, 3.8) is 0 Å². The molecule has 0 bridgehead atoms. The molecule has 0 aliphatic carbocycles. The van der Waals surface area contributed by atoms with Crippen molar-refractivity contribution in [2.24, 2.45) is 5.10 Å². The van der Waals surface area contributed by atoms with Crippen molar-refractivity contribution in [1.82, 2.24) is 9.38 Å². The molecule has 0 radical (unpaired) electrons. The summed E-state index contributed by atoms with van der Waals surface area (Å²) in [5.74, 6) is 0. The molecule has 2 aromatic heterocycles. The lowest BCUT2D eigenvalue weighted by molar-refractivity contribution is 1.19. The van der Waals surface area contributed by atoms with Crippen molar-refractivity contribution in [1.29, 1.82) is 0 Å². The summed E-state index contributed by atoms with van der Waals surface area (Å²) in [5, 5.41) is 9.68. The third-order valence-corrected chi connectivity index (χ3v) is 9.35. The number of pyridine rings is 1. The lowest BCUT2D eigenvalue weighted by Gasteiger charge is -2.13. The number of imidazole rings is 1. The summed E-state index contributed by atoms with van der Waals surface area (Å²) in [5.41, 5.74) is 15.0. The van der Waals surface area contributed by atoms with E-state index in [4.69, 9.17) is 10.1 Å². The van der Waals surface area contributed by atoms with Crippen LogP contribution in [0, 0.1) is 0 Å². The van der Waals surface area contributed by atoms with Crippen molar-refractivity contribution < 1.29 is 0 Å². The molecule has 9 rings (SSSR count). The van der Waals surface area contributed by atoms with Crippen molar-refractivity contribution in [3.8, 4) is 33.6 Å². The van der Waals surface area contributed by atoms with Crippen LogP contribution in [0.1, 0.15) is 11.1 Å². The minimum absolute atomic E-state index is 0.898. The van der Waals surface area contributed by atoms with Gasteiger partial charge in [0.1, 0.15) is 5.65 Å². The molecule has 7 aromatic carbocycles. The monoisotopic (exact) mass is 640 g/mol. The number of fused-ring (bicyclic) bond motifs is 4. The molecule has 0 aliphatic heterocycles. The molecule has 9 aromatic rings. The van der Waals surface area contributed by atoms with Crippen molar-refractivity contribution in [3.05, 3.63) is 199 Å². The lowest BCUT2D eigenvalue weighted by atomic mass is 9.93. The minimum Gasteiger partial charge on any atom is -0.299 e. The molecule has 0 spiro atoms. The van der Waals surface area contributed by atoms with E-state index in [0.29, 0.717) is 0 Å². The van der Waals surface area contributed by atoms with Gasteiger partial charge in [0.15, 0.2) is 0 Å². The first-order valence-corrected chi connectivity index (χ1v) is 16.8. The fourth-order valence-corrected chi connectivity index (χ4v) is 6.96. The molecular formula is C46H32N4. The van der Waals surface area contributed by atoms with Gasteiger partial charge in [-0.2, -0.15) is 5.10 Å². The van der Waals surface area contributed by atoms with E-state index < -0.39 is 0 Å². The van der Waals surface area contributed by atoms with Gasteiger partial charge < -0.3 is 0 Å². The van der Waals surface area contributed by atoms with E-state index in [2.05, 4.69) is 149 Å². The molecule has 2 heterocycles. The molecule has 0 amide bonds. The Balaban J connectivity index is 1.10. The fraction of sp³-hybridized carbons (Fsp3) is 0. The molecule has 236 valence electrons. The SMILES string of the molecule is c1ccc(C(=NNc2cccc3c2ccc2c(-c4ccc(-c5c(-c6ccccc6)nc6ccccn56)cc4)cccc23)c2ccccc2)cc1. The Bertz CT molecular complexity index is 2600. The van der Waals surface area contributed by atoms with E-state index in [1.807, 2.05) is 48.5 Å². The summed E-state index contributed by atoms with van der Waals surface area (Å²) in [6.07, 6.45) is 2.09. The van der Waals surface area contributed by atoms with E-state index in [1.54, 1.807) is 0 Å². The van der Waals surface area contributed by atoms with Gasteiger partial charge in [0.25, 0.3) is 0 Å². The van der Waals surface area contributed by atoms with Gasteiger partial charge in [-0.25, -0.2) is 4.98 Å². The molecule has 0 saturated carbocycles. The summed E-state index contributed by atoms with van der Waals surface area (Å²) in [7, 11) is 0. The first-order chi connectivity index (χ1) is 24.8. The summed E-state index contributed by atoms with van der Waals surface area (Å²) >= 11 is 0. The quantitative estimate of drug-likeness (QED) is 0.107. The van der Waals surface area contributed by atoms with Gasteiger partial charge in [-0.1, -0.05) is 164 Å². The number of hydrazone groups is 1. The van der Waals surface area contributed by atoms with Gasteiger partial charge in [-0.3, -0.25) is 9.83 Å². The zero-order chi connectivity index (χ0) is 33.3. The Morgan fingerprint density at radius 3 is 1.78 bits per heavy atom. The molecule has 0 aliphatic rings. The maximum atomic E-state index is 5.02. The van der Waals surface area contributed by atoms with Gasteiger partial charge in [0, 0.05) is 33.8 Å². The predicted molar refractivity (Wildman–Crippen MR) is 209 cm³/mol. The van der Waals surface area contributed by atoms with Crippen LogP contribution >= 0.6 is 0 Å². The number of benzene rings is 7. The van der Waals surface area contributed by atoms with Crippen LogP contribution in [0.4, 0.5) is 5.69 Å². The summed E-state index contributed by atoms with van der Waals surface area (Å²) < 4.78 is 2.18. The van der Waals surface area contributed by atoms with Gasteiger partial charge in [0.05, 0.1) is 22.8 Å². The highest BCUT2D eigenvalue weighted by Crippen LogP contribution is 2.38. The smallest absolute Gasteiger partial charge is 0.137 e. The highest BCUT2D eigenvalue weighted by Gasteiger charge is 2.16. The second-order valence-corrected chi connectivity index (χ2v) is 12.4. The number of hydrogen-bond donors (Lipinski definition) is 1. The Labute approximate surface area is 290 Å². The first kappa shape index (κ1) is 29.4. The lowest BCUT2D eigenvalue weighted by Crippen LogP contribution is -2.06. The van der Waals surface area contributed by atoms with Crippen LogP contribution in [0.3, 0.4) is 0 Å². The molecule has 0 atom stereocenters. The molecule has 1 N–H and O–H groups in total. The van der Waals surface area contributed by atoms with Crippen LogP contribution in [0.25, 0.3) is 60.8 Å². The molecular weight excluding hydrogens is 609 g/mol. The normalized spacial score (nSPS) is 11.2. The standard InChI is InChI=1S/C46H32N4/c1-4-14-33(15-5-1)44(34-16-6-2-7-17-34)49-48-42-23-13-22-39-38-21-12-20-37(40(38)29-30-41(39)42)32-25-27-36(28-26-32)46-45(35-18-8-3-9-19-35)47-43-24-10-11-31-50(43)46/h1-31,48H. The molecule has 4 nitrogen and oxygen atoms in total. The number of aromatic nitrogens is 2. The zero-order valence-corrected chi connectivity index (χ0v) is 27.2. The topological polar surface area (TPSA) is 41.7 Å². The maximum Gasteiger partial charge on any atom is 0.137 e. The van der Waals surface area contributed by atoms with Gasteiger partial charge in [-0.05, 0) is 45.5 Å². The summed E-state index contributed by atoms with van der Waals surface area (Å²) in [4.78, 5) is 5.02. The van der Waals surface area contributed by atoms with Crippen LogP contribution < -0.4 is 5.43 Å². The third-order valence-electron chi connectivity index (χ3n) is 9.35. The minimum atomic E-state index is 0.898. The number of nitrogens with zero attached hydrogens (tertiary/aromatic N) is 3. The molecule has 50 heavy (non-hydrogen) atoms. The highest BCUT2D eigenvalue weighted by molar-refractivity contribution is 6.16. The van der Waals surface area contributed by atoms with Crippen LogP contribution in [-0.2, 0) is 0 Å². The van der Waals surface area contributed by atoms with Gasteiger partial charge in [0.2, 0.25) is 0 Å². The van der Waals surface area contributed by atoms with E-state index >= 15 is 0 Å². The molecule has 4 heteroatoms. The Kier molecular flexibility index (Phi) is 7.45. The first-order valence-electron chi connectivity index (χ1n) is 16.8. The average Bonchev–Trinajstić information content (AvgIpc) is 3.59. The Morgan fingerprint density at radius 1 is 0.460 bits per heavy atom. The zero-order valence-electron chi connectivity index (χ0n) is 27.2. The molecule has 0 fully saturated rings. The van der Waals surface area contributed by atoms with Crippen LogP contribution in [0.2, 0.25) is 0 Å². The highest BCUT2D eigenvalue weighted by atomic mass is 15.3. The van der Waals surface area contributed by atoms with E-state index in [9.17, 15) is 0 Å². The molecule has 0 saturated heterocycles. The summed E-state index contributed by atoms with van der Waals surface area (Å²) in [6, 6.07) is 63.5. The molecule has 0 unspecified atom stereocenters. The predicted octanol–water partition coefficient (Wildman–Crippen LogP) is 11.5. The van der Waals surface area contributed by atoms with Crippen LogP contribution in [0.15, 0.2) is 193 Å². The maximum absolute atomic E-state index is 5.02. The van der Waals surface area contributed by atoms with Crippen LogP contribution in [-0.4, -0.2) is 15.1 Å². The van der Waals surface area contributed by atoms with E-state index in [-0.39, 0.29) is 0 Å². The Hall–Kier alpha value is -6.78. The number of nitrogens with one attached hydrogen (secondary N) is 1. The van der Waals surface area contributed by atoms with Gasteiger partial charge in [-0.15, -0.1) is 0 Å². The van der Waals surface area contributed by atoms with Crippen LogP contribution in [0.5, 0.6) is 0 Å².